The third-order valence-corrected chi connectivity index (χ3v) is 7.05. The van der Waals surface area contributed by atoms with E-state index in [1.165, 1.54) is 17.3 Å². The molecule has 0 bridgehead atoms. The Labute approximate surface area is 195 Å². The van der Waals surface area contributed by atoms with Crippen LogP contribution in [0.1, 0.15) is 53.0 Å². The highest BCUT2D eigenvalue weighted by atomic mass is 32.2. The highest BCUT2D eigenvalue weighted by Crippen LogP contribution is 2.43. The fourth-order valence-corrected chi connectivity index (χ4v) is 5.24. The topological polar surface area (TPSA) is 98.6 Å². The molecule has 1 aromatic heterocycles. The number of aromatic amines is 1. The van der Waals surface area contributed by atoms with Gasteiger partial charge in [-0.1, -0.05) is 53.7 Å². The minimum Gasteiger partial charge on any atom is -0.343 e. The zero-order chi connectivity index (χ0) is 22.9. The Morgan fingerprint density at radius 3 is 2.58 bits per heavy atom. The van der Waals surface area contributed by atoms with Crippen LogP contribution in [0.15, 0.2) is 69.8 Å². The van der Waals surface area contributed by atoms with Crippen molar-refractivity contribution in [2.45, 2.75) is 43.0 Å². The van der Waals surface area contributed by atoms with E-state index >= 15 is 0 Å². The van der Waals surface area contributed by atoms with E-state index in [1.54, 1.807) is 12.1 Å². The molecule has 1 aliphatic carbocycles. The van der Waals surface area contributed by atoms with Gasteiger partial charge in [-0.25, -0.2) is 4.98 Å². The first-order valence-corrected chi connectivity index (χ1v) is 11.9. The van der Waals surface area contributed by atoms with Crippen molar-refractivity contribution in [1.29, 1.82) is 5.26 Å². The molecule has 5 rings (SSSR count). The fraction of sp³-hybridized carbons (Fsp3) is 0.231. The van der Waals surface area contributed by atoms with E-state index in [2.05, 4.69) is 40.6 Å². The van der Waals surface area contributed by atoms with Crippen LogP contribution in [0.2, 0.25) is 0 Å². The van der Waals surface area contributed by atoms with Gasteiger partial charge in [0.25, 0.3) is 5.56 Å². The number of nitrogens with one attached hydrogen (secondary N) is 2. The number of ketones is 1. The molecule has 1 atom stereocenters. The molecule has 2 aromatic carbocycles. The summed E-state index contributed by atoms with van der Waals surface area (Å²) in [7, 11) is 0. The smallest absolute Gasteiger partial charge is 0.257 e. The van der Waals surface area contributed by atoms with Crippen LogP contribution in [-0.2, 0) is 10.5 Å². The summed E-state index contributed by atoms with van der Waals surface area (Å²) in [6.45, 7) is 2.05. The fourth-order valence-electron chi connectivity index (χ4n) is 4.43. The van der Waals surface area contributed by atoms with Gasteiger partial charge in [-0.2, -0.15) is 5.26 Å². The number of rotatable bonds is 4. The Kier molecular flexibility index (Phi) is 5.61. The SMILES string of the molecule is Cc1ccc(CSc2nc3c(c(=O)[nH]2)[C@H](c2ccc(C#N)cc2)C2=C(CCCC2=O)N3)cc1. The van der Waals surface area contributed by atoms with Gasteiger partial charge in [0.05, 0.1) is 17.2 Å². The number of nitriles is 1. The number of aryl methyl sites for hydroxylation is 1. The van der Waals surface area contributed by atoms with Crippen LogP contribution in [0, 0.1) is 18.3 Å². The number of anilines is 1. The lowest BCUT2D eigenvalue weighted by atomic mass is 9.76. The minimum absolute atomic E-state index is 0.0565. The van der Waals surface area contributed by atoms with E-state index in [9.17, 15) is 9.59 Å². The van der Waals surface area contributed by atoms with E-state index in [4.69, 9.17) is 10.2 Å². The number of fused-ring (bicyclic) bond motifs is 1. The van der Waals surface area contributed by atoms with Crippen molar-refractivity contribution in [3.8, 4) is 6.07 Å². The molecule has 0 saturated heterocycles. The molecule has 0 amide bonds. The van der Waals surface area contributed by atoms with E-state index in [0.29, 0.717) is 39.8 Å². The predicted octanol–water partition coefficient (Wildman–Crippen LogP) is 4.81. The Hall–Kier alpha value is -3.63. The second kappa shape index (κ2) is 8.72. The first-order chi connectivity index (χ1) is 16.0. The van der Waals surface area contributed by atoms with Gasteiger partial charge in [0.15, 0.2) is 10.9 Å². The standard InChI is InChI=1S/C26H22N4O2S/c1-15-5-7-17(8-6-15)14-33-26-29-24-23(25(32)30-26)21(18-11-9-16(13-27)10-12-18)22-19(28-24)3-2-4-20(22)31/h5-12,21H,2-4,14H2,1H3,(H2,28,29,30,32)/t21-/m1/s1. The number of thioether (sulfide) groups is 1. The molecule has 0 spiro atoms. The summed E-state index contributed by atoms with van der Waals surface area (Å²) in [6.07, 6.45) is 1.99. The second-order valence-corrected chi connectivity index (χ2v) is 9.33. The molecule has 164 valence electrons. The number of benzene rings is 2. The number of Topliss-reactive ketones (excluding diaryl/α,β-unsaturated/α-hetero) is 1. The number of allylic oxidation sites excluding steroid dienone is 2. The van der Waals surface area contributed by atoms with Gasteiger partial charge in [-0.05, 0) is 43.0 Å². The maximum atomic E-state index is 13.3. The molecular weight excluding hydrogens is 432 g/mol. The average molecular weight is 455 g/mol. The van der Waals surface area contributed by atoms with Crippen LogP contribution in [0.25, 0.3) is 0 Å². The molecule has 1 aliphatic heterocycles. The first-order valence-electron chi connectivity index (χ1n) is 10.9. The van der Waals surface area contributed by atoms with Gasteiger partial charge in [0, 0.05) is 29.4 Å². The Balaban J connectivity index is 1.55. The summed E-state index contributed by atoms with van der Waals surface area (Å²) in [6, 6.07) is 17.5. The molecule has 0 fully saturated rings. The van der Waals surface area contributed by atoms with Gasteiger partial charge >= 0.3 is 0 Å². The molecule has 0 unspecified atom stereocenters. The minimum atomic E-state index is -0.496. The number of hydrogen-bond donors (Lipinski definition) is 2. The molecule has 0 radical (unpaired) electrons. The highest BCUT2D eigenvalue weighted by molar-refractivity contribution is 7.98. The van der Waals surface area contributed by atoms with Crippen LogP contribution < -0.4 is 10.9 Å². The summed E-state index contributed by atoms with van der Waals surface area (Å²) < 4.78 is 0. The molecule has 7 heteroatoms. The summed E-state index contributed by atoms with van der Waals surface area (Å²) in [5.41, 5.74) is 5.39. The lowest BCUT2D eigenvalue weighted by Gasteiger charge is -2.32. The van der Waals surface area contributed by atoms with Gasteiger partial charge in [0.2, 0.25) is 0 Å². The highest BCUT2D eigenvalue weighted by Gasteiger charge is 2.37. The lowest BCUT2D eigenvalue weighted by Crippen LogP contribution is -2.32. The van der Waals surface area contributed by atoms with Gasteiger partial charge < -0.3 is 10.3 Å². The summed E-state index contributed by atoms with van der Waals surface area (Å²) >= 11 is 1.47. The Morgan fingerprint density at radius 2 is 1.85 bits per heavy atom. The largest absolute Gasteiger partial charge is 0.343 e. The maximum Gasteiger partial charge on any atom is 0.257 e. The summed E-state index contributed by atoms with van der Waals surface area (Å²) in [4.78, 5) is 33.9. The van der Waals surface area contributed by atoms with Gasteiger partial charge in [0.1, 0.15) is 5.82 Å². The Morgan fingerprint density at radius 1 is 1.09 bits per heavy atom. The Bertz CT molecular complexity index is 1370. The van der Waals surface area contributed by atoms with Crippen molar-refractivity contribution in [3.05, 3.63) is 98.0 Å². The molecule has 6 nitrogen and oxygen atoms in total. The lowest BCUT2D eigenvalue weighted by molar-refractivity contribution is -0.116. The molecule has 2 aliphatic rings. The van der Waals surface area contributed by atoms with E-state index in [0.717, 1.165) is 29.7 Å². The van der Waals surface area contributed by atoms with Crippen molar-refractivity contribution in [2.75, 3.05) is 5.32 Å². The molecule has 2 heterocycles. The number of hydrogen-bond acceptors (Lipinski definition) is 6. The molecule has 2 N–H and O–H groups in total. The van der Waals surface area contributed by atoms with Crippen molar-refractivity contribution < 1.29 is 4.79 Å². The van der Waals surface area contributed by atoms with Crippen LogP contribution in [0.3, 0.4) is 0 Å². The molecular formula is C26H22N4O2S. The van der Waals surface area contributed by atoms with Crippen molar-refractivity contribution in [1.82, 2.24) is 9.97 Å². The third kappa shape index (κ3) is 4.10. The monoisotopic (exact) mass is 454 g/mol. The van der Waals surface area contributed by atoms with E-state index < -0.39 is 5.92 Å². The quantitative estimate of drug-likeness (QED) is 0.434. The van der Waals surface area contributed by atoms with Gasteiger partial charge in [-0.15, -0.1) is 0 Å². The predicted molar refractivity (Wildman–Crippen MR) is 128 cm³/mol. The summed E-state index contributed by atoms with van der Waals surface area (Å²) in [5, 5.41) is 13.0. The van der Waals surface area contributed by atoms with Crippen LogP contribution in [-0.4, -0.2) is 15.8 Å². The van der Waals surface area contributed by atoms with Crippen molar-refractivity contribution >= 4 is 23.4 Å². The first kappa shape index (κ1) is 21.2. The maximum absolute atomic E-state index is 13.3. The number of nitrogens with zero attached hydrogens (tertiary/aromatic N) is 2. The van der Waals surface area contributed by atoms with Crippen LogP contribution in [0.4, 0.5) is 5.82 Å². The van der Waals surface area contributed by atoms with Crippen molar-refractivity contribution in [3.63, 3.8) is 0 Å². The zero-order valence-electron chi connectivity index (χ0n) is 18.1. The number of carbonyl (C=O) groups excluding carboxylic acids is 1. The number of H-pyrrole nitrogens is 1. The molecule has 33 heavy (non-hydrogen) atoms. The molecule has 0 saturated carbocycles. The van der Waals surface area contributed by atoms with Crippen LogP contribution in [0.5, 0.6) is 0 Å². The third-order valence-electron chi connectivity index (χ3n) is 6.11. The van der Waals surface area contributed by atoms with Gasteiger partial charge in [-0.3, -0.25) is 9.59 Å². The number of aromatic nitrogens is 2. The second-order valence-electron chi connectivity index (χ2n) is 8.37. The van der Waals surface area contributed by atoms with E-state index in [1.807, 2.05) is 19.1 Å². The van der Waals surface area contributed by atoms with Crippen molar-refractivity contribution in [2.24, 2.45) is 0 Å². The summed E-state index contributed by atoms with van der Waals surface area (Å²) in [5.74, 6) is 0.756. The normalized spacial score (nSPS) is 17.1. The zero-order valence-corrected chi connectivity index (χ0v) is 19.0. The van der Waals surface area contributed by atoms with Crippen LogP contribution >= 0.6 is 11.8 Å². The number of carbonyl (C=O) groups is 1. The molecule has 3 aromatic rings. The van der Waals surface area contributed by atoms with E-state index in [-0.39, 0.29) is 11.3 Å². The average Bonchev–Trinajstić information content (AvgIpc) is 2.83.